The van der Waals surface area contributed by atoms with Gasteiger partial charge in [-0.15, -0.1) is 0 Å². The largest absolute Gasteiger partial charge is 0.359 e. The lowest BCUT2D eigenvalue weighted by molar-refractivity contribution is 0.0587. The lowest BCUT2D eigenvalue weighted by Gasteiger charge is -2.39. The molecule has 1 aliphatic heterocycles. The number of fused-ring (bicyclic) bond motifs is 1. The zero-order valence-electron chi connectivity index (χ0n) is 21.2. The van der Waals surface area contributed by atoms with Gasteiger partial charge in [0, 0.05) is 49.4 Å². The SMILES string of the molecule is CS(=O)c1cnc(N[C@H]2CC[C@H](Nc3nc4ccc(C(=O)N5CCC6(CCCC6)CC5)cc4s3)C2)nc1. The number of hydrogen-bond acceptors (Lipinski definition) is 8. The number of likely N-dealkylation sites (tertiary alicyclic amines) is 1. The summed E-state index contributed by atoms with van der Waals surface area (Å²) in [6.07, 6.45) is 15.6. The number of rotatable bonds is 6. The Kier molecular flexibility index (Phi) is 6.88. The van der Waals surface area contributed by atoms with Crippen LogP contribution in [0.3, 0.4) is 0 Å². The molecule has 0 bridgehead atoms. The maximum atomic E-state index is 13.2. The molecule has 2 saturated carbocycles. The van der Waals surface area contributed by atoms with Gasteiger partial charge in [-0.25, -0.2) is 15.0 Å². The smallest absolute Gasteiger partial charge is 0.253 e. The molecule has 1 unspecified atom stereocenters. The van der Waals surface area contributed by atoms with Crippen LogP contribution in [0.5, 0.6) is 0 Å². The van der Waals surface area contributed by atoms with E-state index in [0.717, 1.165) is 66.1 Å². The second kappa shape index (κ2) is 10.3. The molecular formula is C27H34N6O2S2. The van der Waals surface area contributed by atoms with E-state index < -0.39 is 10.8 Å². The average Bonchev–Trinajstić information content (AvgIpc) is 3.64. The molecule has 3 atom stereocenters. The monoisotopic (exact) mass is 538 g/mol. The number of hydrogen-bond donors (Lipinski definition) is 2. The minimum absolute atomic E-state index is 0.155. The molecule has 10 heteroatoms. The fourth-order valence-corrected chi connectivity index (χ4v) is 7.64. The van der Waals surface area contributed by atoms with Crippen LogP contribution in [0.2, 0.25) is 0 Å². The Hall–Kier alpha value is -2.59. The van der Waals surface area contributed by atoms with Gasteiger partial charge in [0.1, 0.15) is 0 Å². The molecule has 1 saturated heterocycles. The normalized spacial score (nSPS) is 24.0. The molecule has 6 rings (SSSR count). The molecule has 1 amide bonds. The number of aromatic nitrogens is 3. The van der Waals surface area contributed by atoms with Crippen LogP contribution < -0.4 is 10.6 Å². The predicted octanol–water partition coefficient (Wildman–Crippen LogP) is 5.07. The number of piperidine rings is 1. The maximum absolute atomic E-state index is 13.2. The van der Waals surface area contributed by atoms with Crippen molar-refractivity contribution in [3.63, 3.8) is 0 Å². The number of nitrogens with zero attached hydrogens (tertiary/aromatic N) is 4. The summed E-state index contributed by atoms with van der Waals surface area (Å²) in [6, 6.07) is 6.53. The van der Waals surface area contributed by atoms with E-state index in [2.05, 4.69) is 25.5 Å². The second-order valence-electron chi connectivity index (χ2n) is 10.9. The number of benzene rings is 1. The highest BCUT2D eigenvalue weighted by atomic mass is 32.2. The lowest BCUT2D eigenvalue weighted by atomic mass is 9.77. The van der Waals surface area contributed by atoms with Crippen LogP contribution in [0.25, 0.3) is 10.2 Å². The Morgan fingerprint density at radius 2 is 1.76 bits per heavy atom. The van der Waals surface area contributed by atoms with E-state index in [1.54, 1.807) is 30.0 Å². The van der Waals surface area contributed by atoms with Crippen molar-refractivity contribution in [3.8, 4) is 0 Å². The average molecular weight is 539 g/mol. The van der Waals surface area contributed by atoms with Crippen LogP contribution in [-0.4, -0.2) is 61.4 Å². The number of amides is 1. The molecule has 1 spiro atoms. The van der Waals surface area contributed by atoms with Gasteiger partial charge in [0.25, 0.3) is 5.91 Å². The summed E-state index contributed by atoms with van der Waals surface area (Å²) in [4.78, 5) is 29.3. The zero-order valence-corrected chi connectivity index (χ0v) is 22.9. The standard InChI is InChI=1S/C27H34N6O2S2/c1-37(35)21-16-28-25(29-17-21)30-19-5-6-20(15-19)31-26-32-22-7-4-18(14-23(22)36-26)24(34)33-12-10-27(11-13-33)8-2-3-9-27/h4,7,14,16-17,19-20H,2-3,5-6,8-13,15H2,1H3,(H,31,32)(H,28,29,30)/t19-,20-,37?/m0/s1. The molecule has 2 aromatic heterocycles. The molecule has 2 aliphatic carbocycles. The van der Waals surface area contributed by atoms with Gasteiger partial charge in [-0.1, -0.05) is 24.2 Å². The summed E-state index contributed by atoms with van der Waals surface area (Å²) in [5.41, 5.74) is 2.22. The molecule has 37 heavy (non-hydrogen) atoms. The van der Waals surface area contributed by atoms with Gasteiger partial charge >= 0.3 is 0 Å². The van der Waals surface area contributed by atoms with Gasteiger partial charge < -0.3 is 15.5 Å². The number of thiazole rings is 1. The van der Waals surface area contributed by atoms with Gasteiger partial charge in [0.2, 0.25) is 5.95 Å². The molecule has 1 aromatic carbocycles. The van der Waals surface area contributed by atoms with Crippen molar-refractivity contribution in [2.24, 2.45) is 5.41 Å². The van der Waals surface area contributed by atoms with Crippen molar-refractivity contribution < 1.29 is 9.00 Å². The van der Waals surface area contributed by atoms with E-state index in [1.807, 2.05) is 18.2 Å². The number of anilines is 2. The molecule has 8 nitrogen and oxygen atoms in total. The highest BCUT2D eigenvalue weighted by molar-refractivity contribution is 7.84. The number of carbonyl (C=O) groups excluding carboxylic acids is 1. The van der Waals surface area contributed by atoms with Gasteiger partial charge in [0.15, 0.2) is 5.13 Å². The van der Waals surface area contributed by atoms with E-state index in [9.17, 15) is 9.00 Å². The number of carbonyl (C=O) groups is 1. The summed E-state index contributed by atoms with van der Waals surface area (Å²) in [5.74, 6) is 0.729. The first-order valence-corrected chi connectivity index (χ1v) is 15.7. The topological polar surface area (TPSA) is 100 Å². The Labute approximate surface area is 224 Å². The minimum Gasteiger partial charge on any atom is -0.359 e. The Balaban J connectivity index is 1.05. The van der Waals surface area contributed by atoms with Crippen molar-refractivity contribution in [2.75, 3.05) is 30.0 Å². The molecule has 3 heterocycles. The first kappa shape index (κ1) is 24.7. The van der Waals surface area contributed by atoms with Crippen molar-refractivity contribution >= 4 is 49.3 Å². The van der Waals surface area contributed by atoms with E-state index in [4.69, 9.17) is 4.98 Å². The van der Waals surface area contributed by atoms with E-state index >= 15 is 0 Å². The Bertz CT molecular complexity index is 1290. The molecule has 3 fully saturated rings. The third-order valence-corrected chi connectivity index (χ3v) is 10.3. The fourth-order valence-electron chi connectivity index (χ4n) is 6.25. The van der Waals surface area contributed by atoms with E-state index in [1.165, 1.54) is 25.7 Å². The predicted molar refractivity (Wildman–Crippen MR) is 149 cm³/mol. The van der Waals surface area contributed by atoms with Gasteiger partial charge in [-0.05, 0) is 68.6 Å². The van der Waals surface area contributed by atoms with Crippen molar-refractivity contribution in [1.82, 2.24) is 19.9 Å². The first-order chi connectivity index (χ1) is 18.0. The van der Waals surface area contributed by atoms with Crippen LogP contribution in [0, 0.1) is 5.41 Å². The summed E-state index contributed by atoms with van der Waals surface area (Å²) < 4.78 is 12.6. The van der Waals surface area contributed by atoms with Crippen LogP contribution in [0.4, 0.5) is 11.1 Å². The maximum Gasteiger partial charge on any atom is 0.253 e. The Morgan fingerprint density at radius 3 is 2.46 bits per heavy atom. The first-order valence-electron chi connectivity index (χ1n) is 13.3. The van der Waals surface area contributed by atoms with Crippen LogP contribution in [0.15, 0.2) is 35.5 Å². The summed E-state index contributed by atoms with van der Waals surface area (Å²) in [5, 5.41) is 7.90. The van der Waals surface area contributed by atoms with E-state index in [0.29, 0.717) is 22.3 Å². The van der Waals surface area contributed by atoms with Gasteiger partial charge in [-0.2, -0.15) is 0 Å². The summed E-state index contributed by atoms with van der Waals surface area (Å²) in [7, 11) is -1.07. The summed E-state index contributed by atoms with van der Waals surface area (Å²) in [6.45, 7) is 1.77. The molecule has 3 aliphatic rings. The van der Waals surface area contributed by atoms with Gasteiger partial charge in [0.05, 0.1) is 25.9 Å². The van der Waals surface area contributed by atoms with Crippen molar-refractivity contribution in [1.29, 1.82) is 0 Å². The highest BCUT2D eigenvalue weighted by Crippen LogP contribution is 2.46. The van der Waals surface area contributed by atoms with Crippen molar-refractivity contribution in [3.05, 3.63) is 36.2 Å². The molecule has 3 aromatic rings. The molecule has 0 radical (unpaired) electrons. The quantitative estimate of drug-likeness (QED) is 0.452. The van der Waals surface area contributed by atoms with Gasteiger partial charge in [-0.3, -0.25) is 9.00 Å². The number of nitrogens with one attached hydrogen (secondary N) is 2. The molecule has 196 valence electrons. The lowest BCUT2D eigenvalue weighted by Crippen LogP contribution is -2.42. The van der Waals surface area contributed by atoms with E-state index in [-0.39, 0.29) is 11.9 Å². The van der Waals surface area contributed by atoms with Crippen LogP contribution in [0.1, 0.15) is 68.1 Å². The summed E-state index contributed by atoms with van der Waals surface area (Å²) >= 11 is 1.62. The second-order valence-corrected chi connectivity index (χ2v) is 13.3. The van der Waals surface area contributed by atoms with Crippen molar-refractivity contribution in [2.45, 2.75) is 74.8 Å². The third-order valence-electron chi connectivity index (χ3n) is 8.46. The fraction of sp³-hybridized carbons (Fsp3) is 0.556. The Morgan fingerprint density at radius 1 is 1.05 bits per heavy atom. The highest BCUT2D eigenvalue weighted by Gasteiger charge is 2.38. The van der Waals surface area contributed by atoms with Crippen LogP contribution in [-0.2, 0) is 10.8 Å². The molecule has 2 N–H and O–H groups in total. The zero-order chi connectivity index (χ0) is 25.4. The molecular weight excluding hydrogens is 504 g/mol. The minimum atomic E-state index is -1.07. The van der Waals surface area contributed by atoms with Crippen LogP contribution >= 0.6 is 11.3 Å². The third kappa shape index (κ3) is 5.36.